The lowest BCUT2D eigenvalue weighted by atomic mass is 10.1. The van der Waals surface area contributed by atoms with Gasteiger partial charge in [0.2, 0.25) is 0 Å². The molecule has 2 aromatic rings. The van der Waals surface area contributed by atoms with Gasteiger partial charge in [0.05, 0.1) is 0 Å². The van der Waals surface area contributed by atoms with Crippen LogP contribution in [-0.2, 0) is 6.42 Å². The van der Waals surface area contributed by atoms with Crippen LogP contribution in [0.4, 0.5) is 4.39 Å². The van der Waals surface area contributed by atoms with E-state index in [4.69, 9.17) is 0 Å². The molecule has 0 bridgehead atoms. The summed E-state index contributed by atoms with van der Waals surface area (Å²) in [5.41, 5.74) is 2.02. The Kier molecular flexibility index (Phi) is 8.97. The van der Waals surface area contributed by atoms with Gasteiger partial charge in [-0.25, -0.2) is 4.39 Å². The Morgan fingerprint density at radius 3 is 2.71 bits per heavy atom. The number of aromatic nitrogens is 1. The highest BCUT2D eigenvalue weighted by Crippen LogP contribution is 2.19. The molecule has 0 saturated carbocycles. The van der Waals surface area contributed by atoms with Gasteiger partial charge in [0.1, 0.15) is 5.82 Å². The molecule has 1 saturated heterocycles. The Labute approximate surface area is 184 Å². The third kappa shape index (κ3) is 6.05. The summed E-state index contributed by atoms with van der Waals surface area (Å²) in [4.78, 5) is 12.3. The first kappa shape index (κ1) is 22.9. The van der Waals surface area contributed by atoms with Crippen LogP contribution < -0.4 is 10.6 Å². The third-order valence-electron chi connectivity index (χ3n) is 5.37. The van der Waals surface area contributed by atoms with E-state index in [2.05, 4.69) is 44.4 Å². The summed E-state index contributed by atoms with van der Waals surface area (Å²) in [5, 5.41) is 7.88. The van der Waals surface area contributed by atoms with Gasteiger partial charge in [-0.05, 0) is 44.2 Å². The first-order valence-corrected chi connectivity index (χ1v) is 9.69. The molecule has 0 radical (unpaired) electrons. The van der Waals surface area contributed by atoms with Crippen molar-refractivity contribution in [3.63, 3.8) is 0 Å². The highest BCUT2D eigenvalue weighted by molar-refractivity contribution is 14.0. The van der Waals surface area contributed by atoms with Crippen molar-refractivity contribution in [2.45, 2.75) is 19.4 Å². The van der Waals surface area contributed by atoms with Crippen LogP contribution in [-0.4, -0.2) is 80.1 Å². The molecule has 1 unspecified atom stereocenters. The number of nitrogens with one attached hydrogen (secondary N) is 3. The molecule has 2 heterocycles. The van der Waals surface area contributed by atoms with Gasteiger partial charge >= 0.3 is 0 Å². The second kappa shape index (κ2) is 11.0. The SMILES string of the molecule is CN=C(NCCc1c[nH]c2cc(F)ccc12)NCC(C)N1CCN(C)CC1.I. The molecular formula is C20H32FIN6. The number of hydrogen-bond donors (Lipinski definition) is 3. The van der Waals surface area contributed by atoms with Crippen molar-refractivity contribution in [2.75, 3.05) is 53.4 Å². The summed E-state index contributed by atoms with van der Waals surface area (Å²) in [6.07, 6.45) is 2.80. The molecule has 1 fully saturated rings. The number of rotatable bonds is 6. The molecule has 1 aliphatic heterocycles. The summed E-state index contributed by atoms with van der Waals surface area (Å²) in [6.45, 7) is 8.40. The molecular weight excluding hydrogens is 470 g/mol. The van der Waals surface area contributed by atoms with E-state index in [1.807, 2.05) is 12.3 Å². The quantitative estimate of drug-likeness (QED) is 0.323. The topological polar surface area (TPSA) is 58.7 Å². The lowest BCUT2D eigenvalue weighted by molar-refractivity contribution is 0.120. The van der Waals surface area contributed by atoms with Gasteiger partial charge in [0.25, 0.3) is 0 Å². The Bertz CT molecular complexity index is 769. The summed E-state index contributed by atoms with van der Waals surface area (Å²) in [7, 11) is 3.97. The molecule has 1 aromatic heterocycles. The van der Waals surface area contributed by atoms with Crippen molar-refractivity contribution >= 4 is 40.8 Å². The molecule has 0 amide bonds. The van der Waals surface area contributed by atoms with E-state index >= 15 is 0 Å². The fraction of sp³-hybridized carbons (Fsp3) is 0.550. The smallest absolute Gasteiger partial charge is 0.191 e. The predicted octanol–water partition coefficient (Wildman–Crippen LogP) is 2.27. The molecule has 0 aliphatic carbocycles. The zero-order valence-electron chi connectivity index (χ0n) is 17.0. The first-order valence-electron chi connectivity index (χ1n) is 9.69. The number of nitrogens with zero attached hydrogens (tertiary/aromatic N) is 3. The number of likely N-dealkylation sites (N-methyl/N-ethyl adjacent to an activating group) is 1. The maximum Gasteiger partial charge on any atom is 0.191 e. The van der Waals surface area contributed by atoms with E-state index in [0.717, 1.165) is 62.6 Å². The summed E-state index contributed by atoms with van der Waals surface area (Å²) >= 11 is 0. The Balaban J connectivity index is 0.00000280. The molecule has 0 spiro atoms. The largest absolute Gasteiger partial charge is 0.361 e. The first-order chi connectivity index (χ1) is 13.1. The fourth-order valence-corrected chi connectivity index (χ4v) is 3.54. The highest BCUT2D eigenvalue weighted by Gasteiger charge is 2.19. The van der Waals surface area contributed by atoms with E-state index in [1.54, 1.807) is 7.05 Å². The van der Waals surface area contributed by atoms with Gasteiger partial charge in [-0.1, -0.05) is 0 Å². The molecule has 8 heteroatoms. The van der Waals surface area contributed by atoms with Crippen molar-refractivity contribution in [1.82, 2.24) is 25.4 Å². The average molecular weight is 502 g/mol. The highest BCUT2D eigenvalue weighted by atomic mass is 127. The molecule has 3 N–H and O–H groups in total. The number of hydrogen-bond acceptors (Lipinski definition) is 3. The average Bonchev–Trinajstić information content (AvgIpc) is 3.06. The zero-order chi connectivity index (χ0) is 19.2. The summed E-state index contributed by atoms with van der Waals surface area (Å²) in [5.74, 6) is 0.606. The van der Waals surface area contributed by atoms with Gasteiger partial charge in [0.15, 0.2) is 5.96 Å². The molecule has 1 atom stereocenters. The van der Waals surface area contributed by atoms with E-state index < -0.39 is 0 Å². The maximum atomic E-state index is 13.3. The van der Waals surface area contributed by atoms with Gasteiger partial charge in [-0.2, -0.15) is 0 Å². The van der Waals surface area contributed by atoms with Crippen molar-refractivity contribution in [3.05, 3.63) is 35.8 Å². The standard InChI is InChI=1S/C20H31FN6.HI/c1-15(27-10-8-26(3)9-11-27)13-25-20(22-2)23-7-6-16-14-24-19-12-17(21)4-5-18(16)19;/h4-5,12,14-15,24H,6-11,13H2,1-3H3,(H2,22,23,25);1H. The van der Waals surface area contributed by atoms with Crippen molar-refractivity contribution in [2.24, 2.45) is 4.99 Å². The van der Waals surface area contributed by atoms with E-state index in [1.165, 1.54) is 17.7 Å². The molecule has 3 rings (SSSR count). The summed E-state index contributed by atoms with van der Waals surface area (Å²) in [6, 6.07) is 5.35. The summed E-state index contributed by atoms with van der Waals surface area (Å²) < 4.78 is 13.3. The normalized spacial score (nSPS) is 17.4. The van der Waals surface area contributed by atoms with Crippen molar-refractivity contribution in [3.8, 4) is 0 Å². The van der Waals surface area contributed by atoms with Crippen LogP contribution >= 0.6 is 24.0 Å². The fourth-order valence-electron chi connectivity index (χ4n) is 3.54. The van der Waals surface area contributed by atoms with E-state index in [9.17, 15) is 4.39 Å². The number of benzene rings is 1. The Hall–Kier alpha value is -1.39. The number of piperazine rings is 1. The van der Waals surface area contributed by atoms with Gasteiger partial charge < -0.3 is 20.5 Å². The van der Waals surface area contributed by atoms with Crippen molar-refractivity contribution < 1.29 is 4.39 Å². The van der Waals surface area contributed by atoms with E-state index in [0.29, 0.717) is 6.04 Å². The van der Waals surface area contributed by atoms with Crippen LogP contribution in [0.1, 0.15) is 12.5 Å². The number of aliphatic imine (C=N–C) groups is 1. The molecule has 1 aliphatic rings. The van der Waals surface area contributed by atoms with Crippen LogP contribution in [0.3, 0.4) is 0 Å². The van der Waals surface area contributed by atoms with Crippen LogP contribution in [0.5, 0.6) is 0 Å². The number of H-pyrrole nitrogens is 1. The molecule has 6 nitrogen and oxygen atoms in total. The number of fused-ring (bicyclic) bond motifs is 1. The minimum atomic E-state index is -0.215. The second-order valence-electron chi connectivity index (χ2n) is 7.32. The van der Waals surface area contributed by atoms with Crippen LogP contribution in [0.25, 0.3) is 10.9 Å². The predicted molar refractivity (Wildman–Crippen MR) is 125 cm³/mol. The lowest BCUT2D eigenvalue weighted by Crippen LogP contribution is -2.52. The minimum absolute atomic E-state index is 0. The second-order valence-corrected chi connectivity index (χ2v) is 7.32. The van der Waals surface area contributed by atoms with Gasteiger partial charge in [-0.15, -0.1) is 24.0 Å². The van der Waals surface area contributed by atoms with Gasteiger partial charge in [-0.3, -0.25) is 9.89 Å². The van der Waals surface area contributed by atoms with Crippen LogP contribution in [0.2, 0.25) is 0 Å². The number of halogens is 2. The monoisotopic (exact) mass is 502 g/mol. The number of aromatic amines is 1. The van der Waals surface area contributed by atoms with E-state index in [-0.39, 0.29) is 29.8 Å². The zero-order valence-corrected chi connectivity index (χ0v) is 19.3. The van der Waals surface area contributed by atoms with Crippen molar-refractivity contribution in [1.29, 1.82) is 0 Å². The molecule has 156 valence electrons. The van der Waals surface area contributed by atoms with Crippen LogP contribution in [0, 0.1) is 5.82 Å². The minimum Gasteiger partial charge on any atom is -0.361 e. The third-order valence-corrected chi connectivity index (χ3v) is 5.37. The molecule has 28 heavy (non-hydrogen) atoms. The number of guanidine groups is 1. The lowest BCUT2D eigenvalue weighted by Gasteiger charge is -2.36. The molecule has 1 aromatic carbocycles. The van der Waals surface area contributed by atoms with Gasteiger partial charge in [0, 0.05) is 69.5 Å². The maximum absolute atomic E-state index is 13.3. The van der Waals surface area contributed by atoms with Crippen LogP contribution in [0.15, 0.2) is 29.4 Å². The Morgan fingerprint density at radius 1 is 1.25 bits per heavy atom. The Morgan fingerprint density at radius 2 is 2.00 bits per heavy atom.